The second kappa shape index (κ2) is 3.54. The molecule has 0 bridgehead atoms. The van der Waals surface area contributed by atoms with E-state index in [0.717, 1.165) is 17.9 Å². The minimum absolute atomic E-state index is 0.0218. The number of amides is 1. The van der Waals surface area contributed by atoms with Gasteiger partial charge in [-0.2, -0.15) is 11.8 Å². The van der Waals surface area contributed by atoms with Gasteiger partial charge in [-0.1, -0.05) is 0 Å². The predicted molar refractivity (Wildman–Crippen MR) is 38.6 cm³/mol. The summed E-state index contributed by atoms with van der Waals surface area (Å²) in [6, 6.07) is 0. The monoisotopic (exact) mass is 157 g/mol. The Labute approximate surface area is 62.9 Å². The number of carbonyl (C=O) groups excluding carboxylic acids is 2. The van der Waals surface area contributed by atoms with Crippen molar-refractivity contribution >= 4 is 23.7 Å². The molecule has 0 aliphatic carbocycles. The highest BCUT2D eigenvalue weighted by Crippen LogP contribution is 2.23. The van der Waals surface area contributed by atoms with Crippen LogP contribution in [0.1, 0.15) is 6.42 Å². The lowest BCUT2D eigenvalue weighted by atomic mass is 10.1. The zero-order chi connectivity index (χ0) is 7.40. The Kier molecular flexibility index (Phi) is 2.66. The number of carbonyl (C=O) groups is 1. The van der Waals surface area contributed by atoms with Gasteiger partial charge in [0, 0.05) is 5.75 Å². The number of aliphatic imine (C=N–C) groups is 1. The topological polar surface area (TPSA) is 46.5 Å². The van der Waals surface area contributed by atoms with E-state index in [0.29, 0.717) is 0 Å². The number of nitrogens with zero attached hydrogens (tertiary/aromatic N) is 1. The Morgan fingerprint density at radius 2 is 2.50 bits per heavy atom. The van der Waals surface area contributed by atoms with E-state index in [-0.39, 0.29) is 11.8 Å². The maximum atomic E-state index is 10.8. The van der Waals surface area contributed by atoms with Crippen LogP contribution in [0.15, 0.2) is 4.99 Å². The average molecular weight is 157 g/mol. The van der Waals surface area contributed by atoms with Gasteiger partial charge in [0.2, 0.25) is 6.08 Å². The van der Waals surface area contributed by atoms with Gasteiger partial charge in [-0.05, 0) is 12.2 Å². The third-order valence-corrected chi connectivity index (χ3v) is 2.60. The quantitative estimate of drug-likeness (QED) is 0.413. The van der Waals surface area contributed by atoms with Crippen molar-refractivity contribution in [3.05, 3.63) is 0 Å². The van der Waals surface area contributed by atoms with Crippen LogP contribution < -0.4 is 0 Å². The predicted octanol–water partition coefficient (Wildman–Crippen LogP) is 0.602. The summed E-state index contributed by atoms with van der Waals surface area (Å²) in [5, 5.41) is 0. The molecule has 0 aromatic rings. The van der Waals surface area contributed by atoms with Gasteiger partial charge in [-0.25, -0.2) is 4.79 Å². The lowest BCUT2D eigenvalue weighted by Gasteiger charge is -1.97. The molecule has 1 atom stereocenters. The molecule has 1 rings (SSSR count). The summed E-state index contributed by atoms with van der Waals surface area (Å²) in [6.07, 6.45) is 2.12. The number of isocyanates is 1. The van der Waals surface area contributed by atoms with Crippen LogP contribution in [0.25, 0.3) is 0 Å². The summed E-state index contributed by atoms with van der Waals surface area (Å²) >= 11 is 1.73. The Morgan fingerprint density at radius 3 is 3.00 bits per heavy atom. The maximum absolute atomic E-state index is 10.8. The Hall–Kier alpha value is -0.600. The minimum atomic E-state index is -0.306. The number of hydrogen-bond acceptors (Lipinski definition) is 3. The summed E-state index contributed by atoms with van der Waals surface area (Å²) < 4.78 is 0. The molecule has 10 heavy (non-hydrogen) atoms. The number of hydrogen-bond donors (Lipinski definition) is 0. The van der Waals surface area contributed by atoms with E-state index < -0.39 is 0 Å². The highest BCUT2D eigenvalue weighted by atomic mass is 32.2. The van der Waals surface area contributed by atoms with Gasteiger partial charge in [0.1, 0.15) is 0 Å². The Bertz CT molecular complexity index is 180. The smallest absolute Gasteiger partial charge is 0.260 e. The van der Waals surface area contributed by atoms with E-state index in [1.54, 1.807) is 11.8 Å². The van der Waals surface area contributed by atoms with Crippen molar-refractivity contribution in [3.63, 3.8) is 0 Å². The molecule has 1 unspecified atom stereocenters. The molecular formula is C6H7NO2S. The molecule has 1 heterocycles. The third kappa shape index (κ3) is 1.69. The van der Waals surface area contributed by atoms with Crippen LogP contribution in [0, 0.1) is 5.92 Å². The minimum Gasteiger partial charge on any atom is -0.271 e. The van der Waals surface area contributed by atoms with Gasteiger partial charge in [-0.15, -0.1) is 4.99 Å². The van der Waals surface area contributed by atoms with Crippen LogP contribution in [0.4, 0.5) is 0 Å². The molecule has 0 spiro atoms. The van der Waals surface area contributed by atoms with Crippen molar-refractivity contribution in [2.24, 2.45) is 10.9 Å². The summed E-state index contributed by atoms with van der Waals surface area (Å²) in [5.41, 5.74) is 0. The van der Waals surface area contributed by atoms with E-state index in [1.807, 2.05) is 0 Å². The molecule has 1 fully saturated rings. The highest BCUT2D eigenvalue weighted by molar-refractivity contribution is 7.99. The fourth-order valence-corrected chi connectivity index (χ4v) is 2.08. The maximum Gasteiger partial charge on any atom is 0.260 e. The molecule has 1 amide bonds. The SMILES string of the molecule is O=C=NC(=O)C1CCSC1. The van der Waals surface area contributed by atoms with E-state index >= 15 is 0 Å². The van der Waals surface area contributed by atoms with Crippen molar-refractivity contribution in [2.75, 3.05) is 11.5 Å². The molecular weight excluding hydrogens is 150 g/mol. The molecule has 54 valence electrons. The summed E-state index contributed by atoms with van der Waals surface area (Å²) in [4.78, 5) is 23.5. The largest absolute Gasteiger partial charge is 0.271 e. The van der Waals surface area contributed by atoms with Gasteiger partial charge in [0.15, 0.2) is 0 Å². The fourth-order valence-electron chi connectivity index (χ4n) is 0.866. The zero-order valence-corrected chi connectivity index (χ0v) is 6.19. The molecule has 1 aliphatic heterocycles. The highest BCUT2D eigenvalue weighted by Gasteiger charge is 2.22. The summed E-state index contributed by atoms with van der Waals surface area (Å²) in [5.74, 6) is 1.49. The molecule has 0 aromatic heterocycles. The first kappa shape index (κ1) is 7.51. The van der Waals surface area contributed by atoms with Crippen LogP contribution in [-0.4, -0.2) is 23.5 Å². The molecule has 0 saturated carbocycles. The van der Waals surface area contributed by atoms with E-state index in [4.69, 9.17) is 0 Å². The Balaban J connectivity index is 2.47. The lowest BCUT2D eigenvalue weighted by Crippen LogP contribution is -2.10. The molecule has 3 nitrogen and oxygen atoms in total. The molecule has 1 saturated heterocycles. The van der Waals surface area contributed by atoms with Crippen LogP contribution in [0.2, 0.25) is 0 Å². The second-order valence-electron chi connectivity index (χ2n) is 2.10. The van der Waals surface area contributed by atoms with E-state index in [2.05, 4.69) is 4.99 Å². The summed E-state index contributed by atoms with van der Waals surface area (Å²) in [7, 11) is 0. The third-order valence-electron chi connectivity index (χ3n) is 1.43. The molecule has 0 radical (unpaired) electrons. The molecule has 4 heteroatoms. The Morgan fingerprint density at radius 1 is 1.70 bits per heavy atom. The zero-order valence-electron chi connectivity index (χ0n) is 5.37. The number of thioether (sulfide) groups is 1. The van der Waals surface area contributed by atoms with Crippen molar-refractivity contribution in [1.29, 1.82) is 0 Å². The fraction of sp³-hybridized carbons (Fsp3) is 0.667. The first-order valence-corrected chi connectivity index (χ1v) is 4.19. The van der Waals surface area contributed by atoms with E-state index in [9.17, 15) is 9.59 Å². The summed E-state index contributed by atoms with van der Waals surface area (Å²) in [6.45, 7) is 0. The molecule has 1 aliphatic rings. The molecule has 0 N–H and O–H groups in total. The second-order valence-corrected chi connectivity index (χ2v) is 3.25. The number of rotatable bonds is 1. The van der Waals surface area contributed by atoms with Gasteiger partial charge >= 0.3 is 0 Å². The molecule has 0 aromatic carbocycles. The van der Waals surface area contributed by atoms with Crippen LogP contribution in [0.3, 0.4) is 0 Å². The standard InChI is InChI=1S/C6H7NO2S/c8-4-7-6(9)5-1-2-10-3-5/h5H,1-3H2. The average Bonchev–Trinajstić information content (AvgIpc) is 2.38. The van der Waals surface area contributed by atoms with Crippen molar-refractivity contribution < 1.29 is 9.59 Å². The van der Waals surface area contributed by atoms with Gasteiger partial charge in [-0.3, -0.25) is 4.79 Å². The van der Waals surface area contributed by atoms with Crippen molar-refractivity contribution in [1.82, 2.24) is 0 Å². The first-order valence-electron chi connectivity index (χ1n) is 3.04. The van der Waals surface area contributed by atoms with Crippen molar-refractivity contribution in [3.8, 4) is 0 Å². The van der Waals surface area contributed by atoms with Gasteiger partial charge in [0.05, 0.1) is 5.92 Å². The lowest BCUT2D eigenvalue weighted by molar-refractivity contribution is -0.120. The van der Waals surface area contributed by atoms with Crippen molar-refractivity contribution in [2.45, 2.75) is 6.42 Å². The van der Waals surface area contributed by atoms with Gasteiger partial charge < -0.3 is 0 Å². The normalized spacial score (nSPS) is 23.8. The van der Waals surface area contributed by atoms with E-state index in [1.165, 1.54) is 6.08 Å². The van der Waals surface area contributed by atoms with Crippen LogP contribution in [-0.2, 0) is 9.59 Å². The van der Waals surface area contributed by atoms with Gasteiger partial charge in [0.25, 0.3) is 5.91 Å². The first-order chi connectivity index (χ1) is 4.84. The van der Waals surface area contributed by atoms with Crippen LogP contribution >= 0.6 is 11.8 Å². The van der Waals surface area contributed by atoms with Crippen LogP contribution in [0.5, 0.6) is 0 Å².